The van der Waals surface area contributed by atoms with Crippen LogP contribution in [-0.4, -0.2) is 0 Å². The van der Waals surface area contributed by atoms with Gasteiger partial charge in [-0.2, -0.15) is 0 Å². The van der Waals surface area contributed by atoms with E-state index in [0.29, 0.717) is 16.7 Å². The highest BCUT2D eigenvalue weighted by Gasteiger charge is 2.66. The van der Waals surface area contributed by atoms with E-state index >= 15 is 0 Å². The number of nitrogens with two attached hydrogens (primary N) is 1. The quantitative estimate of drug-likeness (QED) is 0.867. The average molecular weight is 288 g/mol. The number of hydrogen-bond donors (Lipinski definition) is 1. The van der Waals surface area contributed by atoms with Gasteiger partial charge < -0.3 is 5.73 Å². The topological polar surface area (TPSA) is 26.0 Å². The van der Waals surface area contributed by atoms with Gasteiger partial charge in [0.2, 0.25) is 0 Å². The highest BCUT2D eigenvalue weighted by molar-refractivity contribution is 9.11. The molecule has 0 aromatic carbocycles. The first kappa shape index (κ1) is 11.6. The number of rotatable bonds is 2. The highest BCUT2D eigenvalue weighted by Crippen LogP contribution is 2.72. The minimum atomic E-state index is 0.186. The molecule has 0 bridgehead atoms. The summed E-state index contributed by atoms with van der Waals surface area (Å²) in [7, 11) is 0. The molecule has 84 valence electrons. The van der Waals surface area contributed by atoms with E-state index in [2.05, 4.69) is 55.8 Å². The summed E-state index contributed by atoms with van der Waals surface area (Å²) in [6.07, 6.45) is 0. The Morgan fingerprint density at radius 2 is 1.80 bits per heavy atom. The molecule has 1 aliphatic rings. The van der Waals surface area contributed by atoms with E-state index < -0.39 is 0 Å². The van der Waals surface area contributed by atoms with Crippen LogP contribution in [-0.2, 0) is 0 Å². The lowest BCUT2D eigenvalue weighted by Gasteiger charge is -2.11. The monoisotopic (exact) mass is 287 g/mol. The van der Waals surface area contributed by atoms with E-state index in [1.165, 1.54) is 8.66 Å². The van der Waals surface area contributed by atoms with Crippen molar-refractivity contribution in [3.05, 3.63) is 20.8 Å². The molecule has 1 unspecified atom stereocenters. The van der Waals surface area contributed by atoms with Crippen LogP contribution in [0.2, 0.25) is 0 Å². The summed E-state index contributed by atoms with van der Waals surface area (Å²) in [5.41, 5.74) is 7.08. The fourth-order valence-corrected chi connectivity index (χ4v) is 4.28. The molecular formula is C12H18BrNS. The summed E-state index contributed by atoms with van der Waals surface area (Å²) in [5.74, 6) is 0.593. The van der Waals surface area contributed by atoms with Crippen molar-refractivity contribution in [2.75, 3.05) is 0 Å². The Bertz CT molecular complexity index is 367. The van der Waals surface area contributed by atoms with Crippen LogP contribution in [0.3, 0.4) is 0 Å². The first-order valence-corrected chi connectivity index (χ1v) is 6.90. The summed E-state index contributed by atoms with van der Waals surface area (Å²) in [5, 5.41) is 0. The Balaban J connectivity index is 2.21. The molecule has 1 aromatic heterocycles. The molecule has 2 N–H and O–H groups in total. The molecule has 1 nitrogen and oxygen atoms in total. The Hall–Kier alpha value is 0.140. The highest BCUT2D eigenvalue weighted by atomic mass is 79.9. The number of thiophene rings is 1. The van der Waals surface area contributed by atoms with Crippen LogP contribution in [0.1, 0.15) is 38.6 Å². The van der Waals surface area contributed by atoms with E-state index in [0.717, 1.165) is 0 Å². The molecule has 3 heteroatoms. The van der Waals surface area contributed by atoms with Crippen molar-refractivity contribution in [3.63, 3.8) is 0 Å². The second-order valence-corrected chi connectivity index (χ2v) is 8.08. The van der Waals surface area contributed by atoms with Crippen molar-refractivity contribution in [3.8, 4) is 0 Å². The van der Waals surface area contributed by atoms with E-state index in [9.17, 15) is 0 Å². The first-order valence-electron chi connectivity index (χ1n) is 5.29. The van der Waals surface area contributed by atoms with Gasteiger partial charge in [0, 0.05) is 10.9 Å². The maximum Gasteiger partial charge on any atom is 0.0701 e. The SMILES string of the molecule is CC1(C)C(C(N)c2ccc(Br)s2)C1(C)C. The molecular weight excluding hydrogens is 270 g/mol. The van der Waals surface area contributed by atoms with Crippen molar-refractivity contribution in [2.24, 2.45) is 22.5 Å². The van der Waals surface area contributed by atoms with Crippen molar-refractivity contribution in [1.29, 1.82) is 0 Å². The largest absolute Gasteiger partial charge is 0.323 e. The summed E-state index contributed by atoms with van der Waals surface area (Å²) < 4.78 is 1.17. The maximum absolute atomic E-state index is 6.35. The van der Waals surface area contributed by atoms with Crippen LogP contribution in [0.4, 0.5) is 0 Å². The zero-order valence-corrected chi connectivity index (χ0v) is 12.1. The fraction of sp³-hybridized carbons (Fsp3) is 0.667. The molecule has 1 fully saturated rings. The Labute approximate surface area is 104 Å². The second kappa shape index (κ2) is 3.31. The van der Waals surface area contributed by atoms with Gasteiger partial charge in [-0.15, -0.1) is 11.3 Å². The van der Waals surface area contributed by atoms with Gasteiger partial charge in [-0.3, -0.25) is 0 Å². The Morgan fingerprint density at radius 3 is 2.13 bits per heavy atom. The molecule has 15 heavy (non-hydrogen) atoms. The maximum atomic E-state index is 6.35. The van der Waals surface area contributed by atoms with Crippen LogP contribution in [0, 0.1) is 16.7 Å². The van der Waals surface area contributed by atoms with Crippen molar-refractivity contribution < 1.29 is 0 Å². The molecule has 1 aliphatic carbocycles. The lowest BCUT2D eigenvalue weighted by molar-refractivity contribution is 0.457. The Kier molecular flexibility index (Phi) is 2.57. The van der Waals surface area contributed by atoms with Crippen molar-refractivity contribution >= 4 is 27.3 Å². The molecule has 0 aliphatic heterocycles. The normalized spacial score (nSPS) is 25.2. The molecule has 0 radical (unpaired) electrons. The van der Waals surface area contributed by atoms with Crippen molar-refractivity contribution in [1.82, 2.24) is 0 Å². The van der Waals surface area contributed by atoms with Gasteiger partial charge in [-0.25, -0.2) is 0 Å². The summed E-state index contributed by atoms with van der Waals surface area (Å²) >= 11 is 5.25. The average Bonchev–Trinajstić information content (AvgIpc) is 2.49. The minimum absolute atomic E-state index is 0.186. The second-order valence-electron chi connectivity index (χ2n) is 5.59. The molecule has 1 heterocycles. The number of hydrogen-bond acceptors (Lipinski definition) is 2. The van der Waals surface area contributed by atoms with E-state index in [1.54, 1.807) is 11.3 Å². The zero-order chi connectivity index (χ0) is 11.4. The van der Waals surface area contributed by atoms with E-state index in [-0.39, 0.29) is 6.04 Å². The predicted octanol–water partition coefficient (Wildman–Crippen LogP) is 4.19. The first-order chi connectivity index (χ1) is 6.78. The lowest BCUT2D eigenvalue weighted by atomic mass is 10.0. The third-order valence-electron chi connectivity index (χ3n) is 4.41. The summed E-state index contributed by atoms with van der Waals surface area (Å²) in [4.78, 5) is 1.30. The number of halogens is 1. The van der Waals surface area contributed by atoms with Crippen LogP contribution >= 0.6 is 27.3 Å². The van der Waals surface area contributed by atoms with Crippen molar-refractivity contribution in [2.45, 2.75) is 33.7 Å². The van der Waals surface area contributed by atoms with Gasteiger partial charge >= 0.3 is 0 Å². The molecule has 1 atom stereocenters. The van der Waals surface area contributed by atoms with Gasteiger partial charge in [-0.05, 0) is 44.8 Å². The smallest absolute Gasteiger partial charge is 0.0701 e. The van der Waals surface area contributed by atoms with Crippen LogP contribution in [0.15, 0.2) is 15.9 Å². The van der Waals surface area contributed by atoms with Crippen LogP contribution in [0.25, 0.3) is 0 Å². The third-order valence-corrected chi connectivity index (χ3v) is 6.14. The van der Waals surface area contributed by atoms with Gasteiger partial charge in [0.25, 0.3) is 0 Å². The fourth-order valence-electron chi connectivity index (χ4n) is 2.82. The summed E-state index contributed by atoms with van der Waals surface area (Å²) in [6, 6.07) is 4.41. The standard InChI is InChI=1S/C12H18BrNS/c1-11(2)10(12(11,3)4)9(14)7-5-6-8(13)15-7/h5-6,9-10H,14H2,1-4H3. The minimum Gasteiger partial charge on any atom is -0.323 e. The predicted molar refractivity (Wildman–Crippen MR) is 70.0 cm³/mol. The van der Waals surface area contributed by atoms with E-state index in [1.807, 2.05) is 0 Å². The summed E-state index contributed by atoms with van der Waals surface area (Å²) in [6.45, 7) is 9.28. The molecule has 1 saturated carbocycles. The lowest BCUT2D eigenvalue weighted by Crippen LogP contribution is -2.14. The third kappa shape index (κ3) is 1.60. The van der Waals surface area contributed by atoms with Crippen LogP contribution in [0.5, 0.6) is 0 Å². The van der Waals surface area contributed by atoms with Gasteiger partial charge in [0.05, 0.1) is 3.79 Å². The molecule has 0 saturated heterocycles. The molecule has 2 rings (SSSR count). The van der Waals surface area contributed by atoms with Crippen LogP contribution < -0.4 is 5.73 Å². The van der Waals surface area contributed by atoms with Gasteiger partial charge in [0.1, 0.15) is 0 Å². The molecule has 1 aromatic rings. The molecule has 0 amide bonds. The Morgan fingerprint density at radius 1 is 1.27 bits per heavy atom. The van der Waals surface area contributed by atoms with E-state index in [4.69, 9.17) is 5.73 Å². The molecule has 0 spiro atoms. The van der Waals surface area contributed by atoms with Gasteiger partial charge in [-0.1, -0.05) is 27.7 Å². The zero-order valence-electron chi connectivity index (χ0n) is 9.67. The van der Waals surface area contributed by atoms with Gasteiger partial charge in [0.15, 0.2) is 0 Å².